The van der Waals surface area contributed by atoms with Crippen LogP contribution < -0.4 is 4.90 Å². The maximum absolute atomic E-state index is 11.7. The highest BCUT2D eigenvalue weighted by molar-refractivity contribution is 6.31. The summed E-state index contributed by atoms with van der Waals surface area (Å²) in [6, 6.07) is 4.20. The van der Waals surface area contributed by atoms with Crippen LogP contribution in [0, 0.1) is 10.1 Å². The number of rotatable bonds is 4. The number of nitro benzene ring substituents is 1. The van der Waals surface area contributed by atoms with Gasteiger partial charge in [-0.1, -0.05) is 11.6 Å². The molecule has 0 bridgehead atoms. The van der Waals surface area contributed by atoms with Gasteiger partial charge in [-0.2, -0.15) is 0 Å². The minimum Gasteiger partial charge on any atom is -0.464 e. The highest BCUT2D eigenvalue weighted by Gasteiger charge is 2.24. The van der Waals surface area contributed by atoms with Crippen molar-refractivity contribution < 1.29 is 14.5 Å². The molecule has 0 saturated heterocycles. The molecule has 114 valence electrons. The highest BCUT2D eigenvalue weighted by Crippen LogP contribution is 2.34. The van der Waals surface area contributed by atoms with Crippen LogP contribution in [0.3, 0.4) is 0 Å². The predicted molar refractivity (Wildman–Crippen MR) is 79.5 cm³/mol. The lowest BCUT2D eigenvalue weighted by Crippen LogP contribution is -2.18. The molecule has 0 atom stereocenters. The van der Waals surface area contributed by atoms with E-state index in [9.17, 15) is 14.9 Å². The Morgan fingerprint density at radius 2 is 2.05 bits per heavy atom. The van der Waals surface area contributed by atoms with Gasteiger partial charge in [-0.25, -0.2) is 14.8 Å². The third kappa shape index (κ3) is 2.96. The van der Waals surface area contributed by atoms with Crippen LogP contribution in [0.5, 0.6) is 0 Å². The minimum atomic E-state index is -0.688. The lowest BCUT2D eigenvalue weighted by Gasteiger charge is -2.19. The largest absolute Gasteiger partial charge is 0.464 e. The highest BCUT2D eigenvalue weighted by atomic mass is 35.5. The zero-order chi connectivity index (χ0) is 16.3. The summed E-state index contributed by atoms with van der Waals surface area (Å²) < 4.78 is 4.64. The van der Waals surface area contributed by atoms with E-state index in [0.717, 1.165) is 0 Å². The average molecular weight is 323 g/mol. The molecule has 0 amide bonds. The van der Waals surface area contributed by atoms with Crippen LogP contribution in [0.1, 0.15) is 10.5 Å². The maximum Gasteiger partial charge on any atom is 0.360 e. The zero-order valence-corrected chi connectivity index (χ0v) is 12.4. The molecule has 0 radical (unpaired) electrons. The van der Waals surface area contributed by atoms with Gasteiger partial charge in [-0.3, -0.25) is 10.1 Å². The van der Waals surface area contributed by atoms with Gasteiger partial charge in [-0.15, -0.1) is 0 Å². The van der Waals surface area contributed by atoms with Crippen molar-refractivity contribution in [3.05, 3.63) is 51.4 Å². The lowest BCUT2D eigenvalue weighted by atomic mass is 10.2. The first-order valence-electron chi connectivity index (χ1n) is 6.02. The number of carbonyl (C=O) groups is 1. The second kappa shape index (κ2) is 6.35. The molecule has 2 rings (SSSR count). The molecule has 1 aromatic carbocycles. The lowest BCUT2D eigenvalue weighted by molar-refractivity contribution is -0.384. The van der Waals surface area contributed by atoms with Gasteiger partial charge in [-0.05, 0) is 12.1 Å². The molecular weight excluding hydrogens is 312 g/mol. The molecule has 0 fully saturated rings. The monoisotopic (exact) mass is 322 g/mol. The summed E-state index contributed by atoms with van der Waals surface area (Å²) in [5.74, 6) is -0.550. The molecule has 0 unspecified atom stereocenters. The smallest absolute Gasteiger partial charge is 0.360 e. The Morgan fingerprint density at radius 1 is 1.36 bits per heavy atom. The number of ether oxygens (including phenoxy) is 1. The van der Waals surface area contributed by atoms with Crippen molar-refractivity contribution in [3.63, 3.8) is 0 Å². The Morgan fingerprint density at radius 3 is 2.68 bits per heavy atom. The van der Waals surface area contributed by atoms with E-state index in [0.29, 0.717) is 0 Å². The first kappa shape index (κ1) is 15.6. The van der Waals surface area contributed by atoms with Crippen molar-refractivity contribution in [1.29, 1.82) is 0 Å². The van der Waals surface area contributed by atoms with Gasteiger partial charge in [0.15, 0.2) is 11.5 Å². The number of carbonyl (C=O) groups excluding carboxylic acids is 1. The Labute approximate surface area is 130 Å². The van der Waals surface area contributed by atoms with Crippen LogP contribution in [-0.2, 0) is 4.74 Å². The third-order valence-electron chi connectivity index (χ3n) is 2.87. The van der Waals surface area contributed by atoms with E-state index in [-0.39, 0.29) is 27.9 Å². The molecule has 0 N–H and O–H groups in total. The molecule has 0 spiro atoms. The molecule has 2 aromatic rings. The van der Waals surface area contributed by atoms with Crippen molar-refractivity contribution in [2.24, 2.45) is 0 Å². The number of aromatic nitrogens is 2. The van der Waals surface area contributed by atoms with Crippen LogP contribution in [0.2, 0.25) is 5.02 Å². The van der Waals surface area contributed by atoms with Gasteiger partial charge in [0.25, 0.3) is 5.69 Å². The van der Waals surface area contributed by atoms with E-state index in [1.807, 2.05) is 0 Å². The van der Waals surface area contributed by atoms with E-state index >= 15 is 0 Å². The Balaban J connectivity index is 2.56. The van der Waals surface area contributed by atoms with Crippen molar-refractivity contribution in [3.8, 4) is 0 Å². The SMILES string of the molecule is COC(=O)c1nccnc1N(C)c1ccc(Cl)cc1[N+](=O)[O-]. The molecule has 0 aliphatic carbocycles. The van der Waals surface area contributed by atoms with Crippen molar-refractivity contribution in [2.75, 3.05) is 19.1 Å². The van der Waals surface area contributed by atoms with Crippen LogP contribution in [0.4, 0.5) is 17.2 Å². The summed E-state index contributed by atoms with van der Waals surface area (Å²) in [5, 5.41) is 11.4. The van der Waals surface area contributed by atoms with Crippen molar-refractivity contribution in [2.45, 2.75) is 0 Å². The number of anilines is 2. The van der Waals surface area contributed by atoms with E-state index in [1.54, 1.807) is 0 Å². The average Bonchev–Trinajstić information content (AvgIpc) is 2.53. The Hall–Kier alpha value is -2.74. The summed E-state index contributed by atoms with van der Waals surface area (Å²) in [6.07, 6.45) is 2.71. The Kier molecular flexibility index (Phi) is 4.52. The van der Waals surface area contributed by atoms with Gasteiger partial charge >= 0.3 is 5.97 Å². The molecular formula is C13H11ClN4O4. The first-order chi connectivity index (χ1) is 10.5. The Bertz CT molecular complexity index is 738. The maximum atomic E-state index is 11.7. The quantitative estimate of drug-likeness (QED) is 0.484. The molecule has 1 aromatic heterocycles. The van der Waals surface area contributed by atoms with Gasteiger partial charge in [0.1, 0.15) is 5.69 Å². The fourth-order valence-electron chi connectivity index (χ4n) is 1.86. The van der Waals surface area contributed by atoms with Crippen LogP contribution in [0.15, 0.2) is 30.6 Å². The minimum absolute atomic E-state index is 0.0447. The number of hydrogen-bond donors (Lipinski definition) is 0. The fraction of sp³-hybridized carbons (Fsp3) is 0.154. The van der Waals surface area contributed by atoms with Crippen LogP contribution >= 0.6 is 11.6 Å². The summed E-state index contributed by atoms with van der Waals surface area (Å²) in [4.78, 5) is 31.7. The number of nitrogens with zero attached hydrogens (tertiary/aromatic N) is 4. The standard InChI is InChI=1S/C13H11ClN4O4/c1-17(9-4-3-8(14)7-10(9)18(20)21)12-11(13(19)22-2)15-5-6-16-12/h3-7H,1-2H3. The second-order valence-electron chi connectivity index (χ2n) is 4.17. The summed E-state index contributed by atoms with van der Waals surface area (Å²) in [6.45, 7) is 0. The van der Waals surface area contributed by atoms with Crippen molar-refractivity contribution >= 4 is 34.8 Å². The number of halogens is 1. The van der Waals surface area contributed by atoms with Crippen LogP contribution in [-0.4, -0.2) is 35.0 Å². The van der Waals surface area contributed by atoms with Gasteiger partial charge in [0, 0.05) is 30.5 Å². The van der Waals surface area contributed by atoms with Crippen molar-refractivity contribution in [1.82, 2.24) is 9.97 Å². The first-order valence-corrected chi connectivity index (χ1v) is 6.40. The molecule has 0 saturated carbocycles. The third-order valence-corrected chi connectivity index (χ3v) is 3.11. The second-order valence-corrected chi connectivity index (χ2v) is 4.61. The normalized spacial score (nSPS) is 10.1. The van der Waals surface area contributed by atoms with E-state index in [4.69, 9.17) is 11.6 Å². The molecule has 0 aliphatic rings. The zero-order valence-electron chi connectivity index (χ0n) is 11.7. The summed E-state index contributed by atoms with van der Waals surface area (Å²) in [5.41, 5.74) is -0.0340. The van der Waals surface area contributed by atoms with E-state index in [1.165, 1.54) is 49.7 Å². The van der Waals surface area contributed by atoms with E-state index in [2.05, 4.69) is 14.7 Å². The summed E-state index contributed by atoms with van der Waals surface area (Å²) in [7, 11) is 2.75. The van der Waals surface area contributed by atoms with Gasteiger partial charge < -0.3 is 9.64 Å². The van der Waals surface area contributed by atoms with E-state index < -0.39 is 10.9 Å². The number of nitro groups is 1. The molecule has 1 heterocycles. The number of benzene rings is 1. The predicted octanol–water partition coefficient (Wildman–Crippen LogP) is 2.59. The number of methoxy groups -OCH3 is 1. The topological polar surface area (TPSA) is 98.5 Å². The molecule has 0 aliphatic heterocycles. The molecule has 22 heavy (non-hydrogen) atoms. The van der Waals surface area contributed by atoms with Gasteiger partial charge in [0.05, 0.1) is 12.0 Å². The molecule has 8 nitrogen and oxygen atoms in total. The van der Waals surface area contributed by atoms with Crippen LogP contribution in [0.25, 0.3) is 0 Å². The fourth-order valence-corrected chi connectivity index (χ4v) is 2.02. The van der Waals surface area contributed by atoms with Gasteiger partial charge in [0.2, 0.25) is 0 Å². The number of esters is 1. The summed E-state index contributed by atoms with van der Waals surface area (Å²) >= 11 is 5.79. The number of hydrogen-bond acceptors (Lipinski definition) is 7. The molecule has 9 heteroatoms.